The molecule has 5 rings (SSSR count). The quantitative estimate of drug-likeness (QED) is 0.507. The normalized spacial score (nSPS) is 19.1. The second-order valence-corrected chi connectivity index (χ2v) is 8.92. The lowest BCUT2D eigenvalue weighted by atomic mass is 9.63. The van der Waals surface area contributed by atoms with E-state index >= 15 is 0 Å². The van der Waals surface area contributed by atoms with Crippen molar-refractivity contribution >= 4 is 34.9 Å². The number of nitrogens with zero attached hydrogens (tertiary/aromatic N) is 3. The number of aromatic nitrogens is 1. The van der Waals surface area contributed by atoms with E-state index in [2.05, 4.69) is 10.3 Å². The van der Waals surface area contributed by atoms with Crippen LogP contribution in [0.2, 0.25) is 5.02 Å². The highest BCUT2D eigenvalue weighted by atomic mass is 35.5. The summed E-state index contributed by atoms with van der Waals surface area (Å²) >= 11 is 5.98. The number of carbonyl (C=O) groups is 2. The summed E-state index contributed by atoms with van der Waals surface area (Å²) in [5.74, 6) is -1.09. The molecule has 6 nitrogen and oxygen atoms in total. The number of hydrogen-bond donors (Lipinski definition) is 1. The van der Waals surface area contributed by atoms with Gasteiger partial charge < -0.3 is 15.1 Å². The summed E-state index contributed by atoms with van der Waals surface area (Å²) in [6.45, 7) is 0.711. The van der Waals surface area contributed by atoms with Crippen LogP contribution in [0.25, 0.3) is 0 Å². The molecule has 2 aromatic carbocycles. The third-order valence-corrected chi connectivity index (χ3v) is 6.88. The Labute approximate surface area is 200 Å². The van der Waals surface area contributed by atoms with Gasteiger partial charge in [-0.1, -0.05) is 23.7 Å². The lowest BCUT2D eigenvalue weighted by molar-refractivity contribution is -0.144. The summed E-state index contributed by atoms with van der Waals surface area (Å²) in [4.78, 5) is 34.0. The van der Waals surface area contributed by atoms with E-state index < -0.39 is 17.0 Å². The molecule has 1 unspecified atom stereocenters. The molecular weight excluding hydrogens is 462 g/mol. The van der Waals surface area contributed by atoms with Crippen LogP contribution in [0.4, 0.5) is 25.0 Å². The van der Waals surface area contributed by atoms with E-state index in [9.17, 15) is 18.4 Å². The first-order valence-corrected chi connectivity index (χ1v) is 11.3. The van der Waals surface area contributed by atoms with Crippen molar-refractivity contribution < 1.29 is 18.4 Å². The zero-order valence-corrected chi connectivity index (χ0v) is 18.8. The van der Waals surface area contributed by atoms with Crippen molar-refractivity contribution in [2.45, 2.75) is 18.9 Å². The summed E-state index contributed by atoms with van der Waals surface area (Å²) in [6, 6.07) is 14.7. The Morgan fingerprint density at radius 1 is 1.06 bits per heavy atom. The van der Waals surface area contributed by atoms with Crippen molar-refractivity contribution in [1.82, 2.24) is 9.88 Å². The molecule has 3 aromatic rings. The van der Waals surface area contributed by atoms with Crippen LogP contribution < -0.4 is 10.2 Å². The number of β-lactam (4-membered cyclic amide) rings is 1. The topological polar surface area (TPSA) is 65.5 Å². The summed E-state index contributed by atoms with van der Waals surface area (Å²) in [7, 11) is 0. The van der Waals surface area contributed by atoms with Crippen LogP contribution >= 0.6 is 11.6 Å². The number of nitrogens with one attached hydrogen (secondary N) is 1. The molecule has 0 aliphatic carbocycles. The van der Waals surface area contributed by atoms with Gasteiger partial charge in [0.15, 0.2) is 0 Å². The summed E-state index contributed by atoms with van der Waals surface area (Å²) < 4.78 is 27.2. The van der Waals surface area contributed by atoms with Crippen molar-refractivity contribution in [2.75, 3.05) is 23.3 Å². The molecule has 2 aliphatic rings. The van der Waals surface area contributed by atoms with Gasteiger partial charge in [-0.3, -0.25) is 9.78 Å². The minimum absolute atomic E-state index is 0.0603. The molecule has 1 N–H and O–H groups in total. The molecule has 2 saturated heterocycles. The molecule has 9 heteroatoms. The Hall–Kier alpha value is -3.52. The zero-order chi connectivity index (χ0) is 23.9. The number of urea groups is 1. The first kappa shape index (κ1) is 22.3. The number of carbonyl (C=O) groups excluding carboxylic acids is 2. The van der Waals surface area contributed by atoms with Gasteiger partial charge in [-0.2, -0.15) is 0 Å². The number of amides is 3. The second kappa shape index (κ2) is 8.68. The highest BCUT2D eigenvalue weighted by Crippen LogP contribution is 2.57. The van der Waals surface area contributed by atoms with Gasteiger partial charge in [0, 0.05) is 30.7 Å². The number of likely N-dealkylation sites (tertiary alicyclic amines) is 1. The van der Waals surface area contributed by atoms with Crippen molar-refractivity contribution in [3.63, 3.8) is 0 Å². The molecule has 2 aliphatic heterocycles. The van der Waals surface area contributed by atoms with Crippen LogP contribution in [-0.4, -0.2) is 34.9 Å². The average molecular weight is 483 g/mol. The van der Waals surface area contributed by atoms with Crippen LogP contribution in [0.1, 0.15) is 24.6 Å². The van der Waals surface area contributed by atoms with Gasteiger partial charge in [0.05, 0.1) is 22.2 Å². The molecular formula is C25H21ClF2N4O2. The van der Waals surface area contributed by atoms with Crippen molar-refractivity contribution in [1.29, 1.82) is 0 Å². The van der Waals surface area contributed by atoms with Crippen LogP contribution in [0.5, 0.6) is 0 Å². The van der Waals surface area contributed by atoms with Crippen LogP contribution in [0.15, 0.2) is 66.9 Å². The van der Waals surface area contributed by atoms with E-state index in [1.54, 1.807) is 28.1 Å². The van der Waals surface area contributed by atoms with Gasteiger partial charge in [0.2, 0.25) is 5.91 Å². The molecule has 174 valence electrons. The van der Waals surface area contributed by atoms with Crippen LogP contribution in [0.3, 0.4) is 0 Å². The number of hydrogen-bond acceptors (Lipinski definition) is 3. The van der Waals surface area contributed by atoms with E-state index in [1.165, 1.54) is 36.4 Å². The highest BCUT2D eigenvalue weighted by Gasteiger charge is 2.62. The van der Waals surface area contributed by atoms with E-state index in [4.69, 9.17) is 11.6 Å². The summed E-state index contributed by atoms with van der Waals surface area (Å²) in [6.07, 6.45) is 2.55. The number of halogens is 3. The van der Waals surface area contributed by atoms with Gasteiger partial charge in [-0.15, -0.1) is 0 Å². The van der Waals surface area contributed by atoms with Gasteiger partial charge in [-0.25, -0.2) is 13.6 Å². The van der Waals surface area contributed by atoms with Crippen LogP contribution in [-0.2, 0) is 4.79 Å². The maximum absolute atomic E-state index is 13.7. The lowest BCUT2D eigenvalue weighted by Crippen LogP contribution is -2.67. The Morgan fingerprint density at radius 3 is 2.53 bits per heavy atom. The minimum Gasteiger partial charge on any atom is -0.324 e. The van der Waals surface area contributed by atoms with Crippen molar-refractivity contribution in [2.24, 2.45) is 5.41 Å². The first-order chi connectivity index (χ1) is 16.4. The molecule has 2 fully saturated rings. The maximum atomic E-state index is 13.7. The third kappa shape index (κ3) is 3.77. The highest BCUT2D eigenvalue weighted by molar-refractivity contribution is 6.31. The molecule has 1 aromatic heterocycles. The van der Waals surface area contributed by atoms with E-state index in [-0.39, 0.29) is 23.0 Å². The van der Waals surface area contributed by atoms with E-state index in [0.29, 0.717) is 37.3 Å². The SMILES string of the molecule is O=C(Nc1cccc(F)c1)N1CCC2(CC1)C(=O)N(c1ccc(F)c(Cl)c1)C2c1ccccn1. The number of anilines is 2. The number of rotatable bonds is 3. The molecule has 1 spiro atoms. The summed E-state index contributed by atoms with van der Waals surface area (Å²) in [5.41, 5.74) is 0.866. The molecule has 0 bridgehead atoms. The smallest absolute Gasteiger partial charge is 0.321 e. The Morgan fingerprint density at radius 2 is 1.85 bits per heavy atom. The predicted molar refractivity (Wildman–Crippen MR) is 125 cm³/mol. The second-order valence-electron chi connectivity index (χ2n) is 8.51. The Kier molecular flexibility index (Phi) is 5.69. The Balaban J connectivity index is 1.37. The number of benzene rings is 2. The fourth-order valence-electron chi connectivity index (χ4n) is 4.87. The summed E-state index contributed by atoms with van der Waals surface area (Å²) in [5, 5.41) is 2.64. The van der Waals surface area contributed by atoms with Crippen molar-refractivity contribution in [3.8, 4) is 0 Å². The molecule has 0 saturated carbocycles. The molecule has 3 heterocycles. The molecule has 1 atom stereocenters. The first-order valence-electron chi connectivity index (χ1n) is 10.9. The largest absolute Gasteiger partial charge is 0.324 e. The van der Waals surface area contributed by atoms with Gasteiger partial charge in [-0.05, 0) is 61.4 Å². The van der Waals surface area contributed by atoms with Gasteiger partial charge in [0.25, 0.3) is 0 Å². The molecule has 3 amide bonds. The fourth-order valence-corrected chi connectivity index (χ4v) is 5.05. The maximum Gasteiger partial charge on any atom is 0.321 e. The molecule has 0 radical (unpaired) electrons. The van der Waals surface area contributed by atoms with E-state index in [0.717, 1.165) is 5.69 Å². The van der Waals surface area contributed by atoms with Crippen molar-refractivity contribution in [3.05, 3.63) is 89.2 Å². The average Bonchev–Trinajstić information content (AvgIpc) is 2.84. The van der Waals surface area contributed by atoms with Gasteiger partial charge >= 0.3 is 6.03 Å². The monoisotopic (exact) mass is 482 g/mol. The van der Waals surface area contributed by atoms with Gasteiger partial charge in [0.1, 0.15) is 11.6 Å². The number of pyridine rings is 1. The number of piperidine rings is 1. The molecule has 34 heavy (non-hydrogen) atoms. The Bertz CT molecular complexity index is 1250. The minimum atomic E-state index is -0.731. The third-order valence-electron chi connectivity index (χ3n) is 6.59. The zero-order valence-electron chi connectivity index (χ0n) is 18.0. The van der Waals surface area contributed by atoms with Crippen LogP contribution in [0, 0.1) is 17.0 Å². The predicted octanol–water partition coefficient (Wildman–Crippen LogP) is 5.42. The lowest BCUT2D eigenvalue weighted by Gasteiger charge is -2.58. The van der Waals surface area contributed by atoms with E-state index in [1.807, 2.05) is 12.1 Å². The fraction of sp³-hybridized carbons (Fsp3) is 0.240. The standard InChI is InChI=1S/C25H21ClF2N4O2/c26-19-15-18(7-8-20(19)28)32-22(21-6-1-2-11-29-21)25(23(32)33)9-12-31(13-10-25)24(34)30-17-5-3-4-16(27)14-17/h1-8,11,14-15,22H,9-10,12-13H2,(H,30,34).